The van der Waals surface area contributed by atoms with Gasteiger partial charge < -0.3 is 10.6 Å². The number of hydrogen-bond acceptors (Lipinski definition) is 2. The molecule has 10 rings (SSSR count). The Kier molecular flexibility index (Phi) is 10.4. The molecule has 4 bridgehead atoms. The zero-order valence-electron chi connectivity index (χ0n) is 27.7. The third-order valence-corrected chi connectivity index (χ3v) is 14.4. The van der Waals surface area contributed by atoms with E-state index in [4.69, 9.17) is 0 Å². The van der Waals surface area contributed by atoms with Gasteiger partial charge in [0.25, 0.3) is 0 Å². The zero-order chi connectivity index (χ0) is 31.1. The minimum Gasteiger partial charge on any atom is -0.313 e. The first-order valence-electron chi connectivity index (χ1n) is 18.2. The van der Waals surface area contributed by atoms with Gasteiger partial charge in [0.2, 0.25) is 0 Å². The van der Waals surface area contributed by atoms with Gasteiger partial charge in [-0.1, -0.05) is 70.8 Å². The first kappa shape index (κ1) is 33.9. The van der Waals surface area contributed by atoms with Gasteiger partial charge in [0.05, 0.1) is 0 Å². The van der Waals surface area contributed by atoms with Gasteiger partial charge in [-0.25, -0.2) is 12.1 Å². The van der Waals surface area contributed by atoms with Crippen molar-refractivity contribution in [2.45, 2.75) is 80.4 Å². The van der Waals surface area contributed by atoms with E-state index < -0.39 is 0 Å². The molecule has 4 saturated carbocycles. The first-order chi connectivity index (χ1) is 22.6. The van der Waals surface area contributed by atoms with Gasteiger partial charge in [-0.05, 0) is 106 Å². The van der Waals surface area contributed by atoms with Crippen LogP contribution in [0, 0.1) is 23.7 Å². The van der Waals surface area contributed by atoms with E-state index in [0.29, 0.717) is 12.1 Å². The Labute approximate surface area is 298 Å². The van der Waals surface area contributed by atoms with Crippen LogP contribution >= 0.6 is 18.5 Å². The van der Waals surface area contributed by atoms with E-state index in [0.717, 1.165) is 36.8 Å². The SMILES string of the molecule is PCC1C2CC3CC(C2)CC1(c1c(C(P)(C2CCCN2)C2CCCN2)cc(-c2ccccc2)[c-]1-c1ccccc1)C3.[Fe+2].c1cc[cH-]c1. The molecule has 0 radical (unpaired) electrons. The Morgan fingerprint density at radius 3 is 1.91 bits per heavy atom. The van der Waals surface area contributed by atoms with E-state index in [9.17, 15) is 0 Å². The molecule has 5 heteroatoms. The molecular formula is C42H52FeN2P2. The maximum absolute atomic E-state index is 4.04. The van der Waals surface area contributed by atoms with Crippen LogP contribution in [0.2, 0.25) is 0 Å². The Balaban J connectivity index is 0.000000538. The summed E-state index contributed by atoms with van der Waals surface area (Å²) in [4.78, 5) is 0. The van der Waals surface area contributed by atoms with Gasteiger partial charge in [0, 0.05) is 17.2 Å². The summed E-state index contributed by atoms with van der Waals surface area (Å²) in [7, 11) is 6.80. The third kappa shape index (κ3) is 6.01. The van der Waals surface area contributed by atoms with Gasteiger partial charge in [-0.2, -0.15) is 18.2 Å². The second kappa shape index (κ2) is 14.4. The fourth-order valence-electron chi connectivity index (χ4n) is 11.2. The summed E-state index contributed by atoms with van der Waals surface area (Å²) in [5.74, 6) is 3.45. The molecule has 2 heterocycles. The molecule has 7 unspecified atom stereocenters. The summed E-state index contributed by atoms with van der Waals surface area (Å²) in [6, 6.07) is 36.5. The predicted octanol–water partition coefficient (Wildman–Crippen LogP) is 9.29. The average molecular weight is 703 g/mol. The molecule has 248 valence electrons. The number of hydrogen-bond donors (Lipinski definition) is 2. The first-order valence-corrected chi connectivity index (χ1v) is 19.6. The van der Waals surface area contributed by atoms with Crippen molar-refractivity contribution >= 4 is 18.5 Å². The van der Waals surface area contributed by atoms with Crippen molar-refractivity contribution in [2.75, 3.05) is 19.3 Å². The summed E-state index contributed by atoms with van der Waals surface area (Å²) in [5, 5.41) is 8.06. The molecule has 4 aliphatic carbocycles. The molecule has 0 aromatic heterocycles. The molecule has 4 aromatic rings. The molecule has 0 spiro atoms. The van der Waals surface area contributed by atoms with Crippen LogP contribution in [-0.4, -0.2) is 31.3 Å². The van der Waals surface area contributed by atoms with E-state index in [-0.39, 0.29) is 27.6 Å². The van der Waals surface area contributed by atoms with Crippen LogP contribution in [-0.2, 0) is 27.6 Å². The Bertz CT molecular complexity index is 1520. The fraction of sp³-hybridized carbons (Fsp3) is 0.476. The quantitative estimate of drug-likeness (QED) is 0.114. The molecule has 2 saturated heterocycles. The van der Waals surface area contributed by atoms with Gasteiger partial charge in [-0.15, -0.1) is 47.8 Å². The summed E-state index contributed by atoms with van der Waals surface area (Å²) < 4.78 is 0. The van der Waals surface area contributed by atoms with Gasteiger partial charge >= 0.3 is 17.1 Å². The molecule has 6 fully saturated rings. The van der Waals surface area contributed by atoms with Crippen molar-refractivity contribution in [1.82, 2.24) is 10.6 Å². The second-order valence-electron chi connectivity index (χ2n) is 15.3. The van der Waals surface area contributed by atoms with Crippen LogP contribution in [0.5, 0.6) is 0 Å². The standard InChI is InChI=1S/C37H47N2P2.C5H5.Fe/c40-23-31-28-18-24-17-25(19-28)22-36(31,21-24)35-30(37(41,32-13-7-15-38-32)33-14-8-16-39-33)20-29(26-9-3-1-4-10-26)34(35)27-11-5-2-6-12-27;1-2-4-5-3-1;/h1-6,9-12,20,24-25,28,31-33,38-39H,7-8,13-19,21-23,40-41H2;1-5H;/q2*-1;+2. The van der Waals surface area contributed by atoms with Crippen LogP contribution in [0.1, 0.15) is 68.9 Å². The average Bonchev–Trinajstić information content (AvgIpc) is 3.93. The van der Waals surface area contributed by atoms with Gasteiger partial charge in [0.1, 0.15) is 0 Å². The van der Waals surface area contributed by atoms with Crippen molar-refractivity contribution in [3.8, 4) is 22.3 Å². The van der Waals surface area contributed by atoms with Crippen LogP contribution in [0.4, 0.5) is 0 Å². The summed E-state index contributed by atoms with van der Waals surface area (Å²) in [6.07, 6.45) is 13.5. The number of rotatable bonds is 7. The molecule has 7 atom stereocenters. The maximum Gasteiger partial charge on any atom is 2.00 e. The molecule has 2 aliphatic heterocycles. The Hall–Kier alpha value is -1.56. The monoisotopic (exact) mass is 702 g/mol. The Morgan fingerprint density at radius 1 is 0.809 bits per heavy atom. The van der Waals surface area contributed by atoms with Crippen molar-refractivity contribution in [3.63, 3.8) is 0 Å². The second-order valence-corrected chi connectivity index (χ2v) is 16.7. The minimum atomic E-state index is -0.0202. The van der Waals surface area contributed by atoms with Crippen molar-refractivity contribution in [1.29, 1.82) is 0 Å². The van der Waals surface area contributed by atoms with Crippen LogP contribution in [0.3, 0.4) is 0 Å². The molecular weight excluding hydrogens is 650 g/mol. The smallest absolute Gasteiger partial charge is 0.313 e. The van der Waals surface area contributed by atoms with E-state index in [1.807, 2.05) is 30.3 Å². The molecule has 4 aromatic carbocycles. The van der Waals surface area contributed by atoms with Gasteiger partial charge in [-0.3, -0.25) is 0 Å². The molecule has 0 amide bonds. The maximum atomic E-state index is 4.04. The van der Waals surface area contributed by atoms with Crippen molar-refractivity contribution in [3.05, 3.63) is 108 Å². The fourth-order valence-corrected chi connectivity index (χ4v) is 12.9. The van der Waals surface area contributed by atoms with E-state index in [1.165, 1.54) is 80.6 Å². The van der Waals surface area contributed by atoms with E-state index in [1.54, 1.807) is 16.7 Å². The minimum absolute atomic E-state index is 0. The van der Waals surface area contributed by atoms with Crippen LogP contribution in [0.15, 0.2) is 97.1 Å². The topological polar surface area (TPSA) is 24.1 Å². The van der Waals surface area contributed by atoms with E-state index >= 15 is 0 Å². The van der Waals surface area contributed by atoms with Gasteiger partial charge in [0.15, 0.2) is 0 Å². The largest absolute Gasteiger partial charge is 2.00 e. The summed E-state index contributed by atoms with van der Waals surface area (Å²) >= 11 is 0. The molecule has 2 N–H and O–H groups in total. The summed E-state index contributed by atoms with van der Waals surface area (Å²) in [5.41, 5.74) is 9.48. The predicted molar refractivity (Wildman–Crippen MR) is 202 cm³/mol. The van der Waals surface area contributed by atoms with E-state index in [2.05, 4.69) is 95.8 Å². The zero-order valence-corrected chi connectivity index (χ0v) is 31.1. The molecule has 6 aliphatic rings. The Morgan fingerprint density at radius 2 is 1.40 bits per heavy atom. The number of nitrogens with one attached hydrogen (secondary N) is 2. The number of benzene rings is 2. The van der Waals surface area contributed by atoms with Crippen LogP contribution in [0.25, 0.3) is 22.3 Å². The summed E-state index contributed by atoms with van der Waals surface area (Å²) in [6.45, 7) is 2.29. The van der Waals surface area contributed by atoms with Crippen molar-refractivity contribution in [2.24, 2.45) is 23.7 Å². The third-order valence-electron chi connectivity index (χ3n) is 12.8. The molecule has 2 nitrogen and oxygen atoms in total. The molecule has 47 heavy (non-hydrogen) atoms. The normalized spacial score (nSPS) is 32.0. The van der Waals surface area contributed by atoms with Crippen LogP contribution < -0.4 is 10.6 Å². The van der Waals surface area contributed by atoms with Crippen molar-refractivity contribution < 1.29 is 17.1 Å².